The summed E-state index contributed by atoms with van der Waals surface area (Å²) in [7, 11) is 4.47. The average molecular weight is 1490 g/mol. The van der Waals surface area contributed by atoms with Crippen LogP contribution in [0.1, 0.15) is 185 Å². The summed E-state index contributed by atoms with van der Waals surface area (Å²) in [5.41, 5.74) is 0.125. The highest BCUT2D eigenvalue weighted by molar-refractivity contribution is 5.94. The third-order valence-corrected chi connectivity index (χ3v) is 17.6. The van der Waals surface area contributed by atoms with Crippen molar-refractivity contribution in [2.24, 2.45) is 0 Å². The van der Waals surface area contributed by atoms with E-state index in [2.05, 4.69) is 0 Å². The Hall–Kier alpha value is -11.4. The van der Waals surface area contributed by atoms with Crippen LogP contribution in [0, 0.1) is 0 Å². The number of methoxy groups -OCH3 is 3. The highest BCUT2D eigenvalue weighted by Gasteiger charge is 2.22. The number of hydrogen-bond donors (Lipinski definition) is 0. The van der Waals surface area contributed by atoms with Crippen molar-refractivity contribution in [1.82, 2.24) is 0 Å². The summed E-state index contributed by atoms with van der Waals surface area (Å²) in [5.74, 6) is 0.0784. The van der Waals surface area contributed by atoms with Crippen LogP contribution in [0.5, 0.6) is 51.7 Å². The van der Waals surface area contributed by atoms with Gasteiger partial charge < -0.3 is 70.1 Å². The van der Waals surface area contributed by atoms with Gasteiger partial charge in [-0.05, 0) is 148 Å². The fourth-order valence-corrected chi connectivity index (χ4v) is 11.7. The highest BCUT2D eigenvalue weighted by atomic mass is 16.6. The van der Waals surface area contributed by atoms with Crippen LogP contribution in [-0.2, 0) is 28.6 Å². The standard InChI is InChI=1S/C84H92O24/c1-94-73-49-60(82(91)103-63-37-28-57-34-43-79(88)106-70(57)52-63)31-40-67(73)97-46-22-16-10-4-7-13-19-25-76(85)100-55-66(102-78(87)27-21-15-9-6-12-18-24-48-99-69-42-33-62(51-75(69)96-3)84(93)105-65-39-30-59-36-45-81(90)108-72(59)54-65)56-101-77(86)26-20-14-8-5-11-17-23-47-98-68-41-32-61(50-74(68)95-2)83(92)104-64-38-29-58-35-44-80(89)107-71(58)53-64/h28-45,49-54,66H,4-27,46-48,55-56H2,1-3H3. The van der Waals surface area contributed by atoms with Gasteiger partial charge in [-0.2, -0.15) is 0 Å². The molecule has 0 aliphatic rings. The Bertz CT molecular complexity index is 4450. The van der Waals surface area contributed by atoms with Gasteiger partial charge in [0.2, 0.25) is 0 Å². The molecule has 24 nitrogen and oxygen atoms in total. The fourth-order valence-electron chi connectivity index (χ4n) is 11.7. The first-order chi connectivity index (χ1) is 52.6. The van der Waals surface area contributed by atoms with Crippen LogP contribution in [0.4, 0.5) is 0 Å². The minimum atomic E-state index is -0.969. The lowest BCUT2D eigenvalue weighted by Gasteiger charge is -2.18. The summed E-state index contributed by atoms with van der Waals surface area (Å²) in [5, 5.41) is 2.08. The second kappa shape index (κ2) is 43.3. The molecule has 6 aromatic carbocycles. The van der Waals surface area contributed by atoms with E-state index in [-0.39, 0.29) is 66.4 Å². The number of carbonyl (C=O) groups is 6. The van der Waals surface area contributed by atoms with Crippen LogP contribution in [-0.4, -0.2) is 96.3 Å². The Kier molecular flexibility index (Phi) is 32.3. The van der Waals surface area contributed by atoms with Gasteiger partial charge in [0.25, 0.3) is 0 Å². The van der Waals surface area contributed by atoms with E-state index in [4.69, 9.17) is 70.1 Å². The first-order valence-electron chi connectivity index (χ1n) is 36.8. The Morgan fingerprint density at radius 1 is 0.306 bits per heavy atom. The van der Waals surface area contributed by atoms with Crippen molar-refractivity contribution in [1.29, 1.82) is 0 Å². The number of hydrogen-bond acceptors (Lipinski definition) is 24. The lowest BCUT2D eigenvalue weighted by molar-refractivity contribution is -0.167. The Morgan fingerprint density at radius 3 is 0.889 bits per heavy atom. The van der Waals surface area contributed by atoms with Crippen molar-refractivity contribution >= 4 is 68.7 Å². The summed E-state index contributed by atoms with van der Waals surface area (Å²) >= 11 is 0. The zero-order valence-electron chi connectivity index (χ0n) is 61.2. The minimum absolute atomic E-state index is 0.150. The molecule has 108 heavy (non-hydrogen) atoms. The maximum atomic E-state index is 13.2. The average Bonchev–Trinajstić information content (AvgIpc) is 0.833. The number of fused-ring (bicyclic) bond motifs is 3. The van der Waals surface area contributed by atoms with Crippen molar-refractivity contribution in [3.63, 3.8) is 0 Å². The van der Waals surface area contributed by atoms with Crippen molar-refractivity contribution in [2.75, 3.05) is 54.4 Å². The van der Waals surface area contributed by atoms with E-state index in [0.717, 1.165) is 116 Å². The van der Waals surface area contributed by atoms with Crippen molar-refractivity contribution in [2.45, 2.75) is 160 Å². The van der Waals surface area contributed by atoms with E-state index in [1.165, 1.54) is 57.7 Å². The Labute approximate surface area is 624 Å². The molecule has 0 fully saturated rings. The first kappa shape index (κ1) is 80.7. The summed E-state index contributed by atoms with van der Waals surface area (Å²) in [4.78, 5) is 113. The van der Waals surface area contributed by atoms with Crippen molar-refractivity contribution in [3.8, 4) is 51.7 Å². The summed E-state index contributed by atoms with van der Waals surface area (Å²) in [6.07, 6.45) is 17.5. The summed E-state index contributed by atoms with van der Waals surface area (Å²) in [6.45, 7) is 0.824. The molecule has 0 aliphatic carbocycles. The number of rotatable bonds is 47. The van der Waals surface area contributed by atoms with Gasteiger partial charge in [-0.25, -0.2) is 28.8 Å². The van der Waals surface area contributed by atoms with Crippen molar-refractivity contribution in [3.05, 3.63) is 194 Å². The maximum Gasteiger partial charge on any atom is 0.343 e. The van der Waals surface area contributed by atoms with Crippen LogP contribution in [0.25, 0.3) is 32.9 Å². The topological polar surface area (TPSA) is 304 Å². The number of carbonyl (C=O) groups excluding carboxylic acids is 6. The van der Waals surface area contributed by atoms with Gasteiger partial charge in [0.1, 0.15) is 47.2 Å². The number of esters is 6. The third kappa shape index (κ3) is 26.6. The molecule has 572 valence electrons. The molecule has 0 saturated carbocycles. The molecule has 0 N–H and O–H groups in total. The fraction of sp³-hybridized carbons (Fsp3) is 0.393. The summed E-state index contributed by atoms with van der Waals surface area (Å²) < 4.78 is 83.6. The highest BCUT2D eigenvalue weighted by Crippen LogP contribution is 2.33. The Balaban J connectivity index is 0.629. The molecule has 0 aliphatic heterocycles. The molecule has 0 amide bonds. The van der Waals surface area contributed by atoms with E-state index >= 15 is 0 Å². The normalized spacial score (nSPS) is 11.1. The molecule has 9 aromatic rings. The third-order valence-electron chi connectivity index (χ3n) is 17.6. The lowest BCUT2D eigenvalue weighted by atomic mass is 10.1. The second-order valence-electron chi connectivity index (χ2n) is 25.8. The second-order valence-corrected chi connectivity index (χ2v) is 25.8. The van der Waals surface area contributed by atoms with Gasteiger partial charge >= 0.3 is 52.7 Å². The molecular formula is C84H92O24. The van der Waals surface area contributed by atoms with Gasteiger partial charge in [-0.3, -0.25) is 14.4 Å². The quantitative estimate of drug-likeness (QED) is 0.0112. The van der Waals surface area contributed by atoms with Gasteiger partial charge in [0, 0.05) is 71.8 Å². The van der Waals surface area contributed by atoms with Gasteiger partial charge in [0.05, 0.1) is 57.8 Å². The van der Waals surface area contributed by atoms with E-state index in [1.54, 1.807) is 109 Å². The molecule has 0 radical (unpaired) electrons. The molecule has 0 atom stereocenters. The minimum Gasteiger partial charge on any atom is -0.493 e. The van der Waals surface area contributed by atoms with Gasteiger partial charge in [-0.15, -0.1) is 0 Å². The molecular weight excluding hydrogens is 1390 g/mol. The van der Waals surface area contributed by atoms with Crippen LogP contribution in [0.3, 0.4) is 0 Å². The van der Waals surface area contributed by atoms with E-state index in [1.807, 2.05) is 0 Å². The lowest BCUT2D eigenvalue weighted by Crippen LogP contribution is -2.30. The van der Waals surface area contributed by atoms with Crippen LogP contribution >= 0.6 is 0 Å². The molecule has 0 unspecified atom stereocenters. The first-order valence-corrected chi connectivity index (χ1v) is 36.8. The molecule has 0 spiro atoms. The number of ether oxygens (including phenoxy) is 12. The predicted octanol–water partition coefficient (Wildman–Crippen LogP) is 16.6. The van der Waals surface area contributed by atoms with E-state index in [9.17, 15) is 43.2 Å². The zero-order valence-corrected chi connectivity index (χ0v) is 61.2. The van der Waals surface area contributed by atoms with Gasteiger partial charge in [0.15, 0.2) is 40.6 Å². The largest absolute Gasteiger partial charge is 0.493 e. The smallest absolute Gasteiger partial charge is 0.343 e. The Morgan fingerprint density at radius 2 is 0.583 bits per heavy atom. The van der Waals surface area contributed by atoms with E-state index < -0.39 is 58.8 Å². The van der Waals surface area contributed by atoms with Crippen LogP contribution in [0.2, 0.25) is 0 Å². The molecule has 0 bridgehead atoms. The SMILES string of the molecule is COc1cc(C(=O)Oc2ccc3ccc(=O)oc3c2)ccc1OCCCCCCCCCC(=O)OCC(COC(=O)CCCCCCCCCOc1ccc(C(=O)Oc2ccc3ccc(=O)oc3c2)cc1OC)OC(=O)CCCCCCCCCOc1ccc(C(=O)Oc2ccc3ccc(=O)oc3c2)cc1OC. The predicted molar refractivity (Wildman–Crippen MR) is 400 cm³/mol. The van der Waals surface area contributed by atoms with Crippen LogP contribution < -0.4 is 59.5 Å². The monoisotopic (exact) mass is 1480 g/mol. The van der Waals surface area contributed by atoms with Gasteiger partial charge in [-0.1, -0.05) is 96.3 Å². The van der Waals surface area contributed by atoms with E-state index in [0.29, 0.717) is 106 Å². The summed E-state index contributed by atoms with van der Waals surface area (Å²) in [6, 6.07) is 37.6. The maximum absolute atomic E-state index is 13.2. The number of benzene rings is 6. The van der Waals surface area contributed by atoms with Crippen LogP contribution in [0.15, 0.2) is 173 Å². The molecule has 9 rings (SSSR count). The zero-order chi connectivity index (χ0) is 76.2. The molecule has 24 heteroatoms. The molecule has 3 heterocycles. The molecule has 3 aromatic heterocycles. The number of unbranched alkanes of at least 4 members (excludes halogenated alkanes) is 18. The van der Waals surface area contributed by atoms with Crippen molar-refractivity contribution < 1.29 is 98.9 Å². The molecule has 0 saturated heterocycles.